The summed E-state index contributed by atoms with van der Waals surface area (Å²) in [5.74, 6) is 0. The molecule has 2 nitrogen and oxygen atoms in total. The fourth-order valence-electron chi connectivity index (χ4n) is 7.95. The highest BCUT2D eigenvalue weighted by molar-refractivity contribution is 6.16. The van der Waals surface area contributed by atoms with E-state index in [-0.39, 0.29) is 0 Å². The van der Waals surface area contributed by atoms with Gasteiger partial charge in [0.05, 0.1) is 11.0 Å². The number of rotatable bonds is 6. The summed E-state index contributed by atoms with van der Waals surface area (Å²) < 4.78 is 2.42. The fourth-order valence-corrected chi connectivity index (χ4v) is 7.95. The maximum atomic E-state index is 2.42. The second kappa shape index (κ2) is 12.5. The molecule has 1 heterocycles. The van der Waals surface area contributed by atoms with Crippen molar-refractivity contribution in [2.45, 2.75) is 0 Å². The topological polar surface area (TPSA) is 8.17 Å². The first kappa shape index (κ1) is 30.0. The zero-order valence-electron chi connectivity index (χ0n) is 28.5. The van der Waals surface area contributed by atoms with Crippen LogP contribution in [0, 0.1) is 0 Å². The van der Waals surface area contributed by atoms with Crippen LogP contribution in [-0.2, 0) is 0 Å². The maximum Gasteiger partial charge on any atom is 0.0562 e. The van der Waals surface area contributed by atoms with Crippen molar-refractivity contribution in [3.63, 3.8) is 0 Å². The van der Waals surface area contributed by atoms with Crippen molar-refractivity contribution in [1.82, 2.24) is 4.57 Å². The molecule has 0 saturated carbocycles. The summed E-state index contributed by atoms with van der Waals surface area (Å²) in [6, 6.07) is 74.7. The molecule has 1 aromatic heterocycles. The molecule has 0 unspecified atom stereocenters. The summed E-state index contributed by atoms with van der Waals surface area (Å²) in [7, 11) is 0. The average molecular weight is 663 g/mol. The Hall–Kier alpha value is -6.90. The lowest BCUT2D eigenvalue weighted by Crippen LogP contribution is -2.10. The molecule has 0 amide bonds. The first-order chi connectivity index (χ1) is 25.8. The Morgan fingerprint density at radius 1 is 0.327 bits per heavy atom. The molecule has 10 aromatic rings. The van der Waals surface area contributed by atoms with Crippen LogP contribution in [0.15, 0.2) is 206 Å². The van der Waals surface area contributed by atoms with E-state index in [1.807, 2.05) is 0 Å². The number of aromatic nitrogens is 1. The zero-order chi connectivity index (χ0) is 34.4. The molecule has 0 spiro atoms. The highest BCUT2D eigenvalue weighted by Crippen LogP contribution is 2.43. The lowest BCUT2D eigenvalue weighted by atomic mass is 9.99. The minimum absolute atomic E-state index is 1.10. The smallest absolute Gasteiger partial charge is 0.0562 e. The number of benzene rings is 9. The molecule has 0 atom stereocenters. The second-order valence-electron chi connectivity index (χ2n) is 13.4. The predicted octanol–water partition coefficient (Wildman–Crippen LogP) is 13.9. The SMILES string of the molecule is c1ccc(-c2cccc(N(c3ccc4c(ccc5ccccc54)c3)c3ccc4c5c(-c6ccccc6)cccc5n(-c5ccccc5)c4c3)c2)cc1. The Balaban J connectivity index is 1.24. The van der Waals surface area contributed by atoms with Gasteiger partial charge in [-0.25, -0.2) is 0 Å². The minimum Gasteiger partial charge on any atom is -0.310 e. The highest BCUT2D eigenvalue weighted by Gasteiger charge is 2.20. The van der Waals surface area contributed by atoms with Crippen LogP contribution in [-0.4, -0.2) is 4.57 Å². The van der Waals surface area contributed by atoms with Crippen molar-refractivity contribution < 1.29 is 0 Å². The van der Waals surface area contributed by atoms with Crippen LogP contribution in [0.1, 0.15) is 0 Å². The second-order valence-corrected chi connectivity index (χ2v) is 13.4. The van der Waals surface area contributed by atoms with Gasteiger partial charge in [0.1, 0.15) is 0 Å². The van der Waals surface area contributed by atoms with Crippen molar-refractivity contribution in [3.05, 3.63) is 206 Å². The molecule has 0 saturated heterocycles. The number of hydrogen-bond acceptors (Lipinski definition) is 1. The van der Waals surface area contributed by atoms with E-state index >= 15 is 0 Å². The lowest BCUT2D eigenvalue weighted by molar-refractivity contribution is 1.18. The van der Waals surface area contributed by atoms with E-state index < -0.39 is 0 Å². The van der Waals surface area contributed by atoms with Gasteiger partial charge in [-0.3, -0.25) is 0 Å². The first-order valence-corrected chi connectivity index (χ1v) is 17.9. The molecule has 0 aliphatic carbocycles. The fraction of sp³-hybridized carbons (Fsp3) is 0. The zero-order valence-corrected chi connectivity index (χ0v) is 28.5. The van der Waals surface area contributed by atoms with Gasteiger partial charge in [-0.1, -0.05) is 152 Å². The Kier molecular flexibility index (Phi) is 7.18. The third-order valence-electron chi connectivity index (χ3n) is 10.3. The number of fused-ring (bicyclic) bond motifs is 6. The van der Waals surface area contributed by atoms with E-state index in [1.54, 1.807) is 0 Å². The van der Waals surface area contributed by atoms with Gasteiger partial charge in [-0.2, -0.15) is 0 Å². The van der Waals surface area contributed by atoms with Crippen LogP contribution in [0.5, 0.6) is 0 Å². The minimum atomic E-state index is 1.10. The lowest BCUT2D eigenvalue weighted by Gasteiger charge is -2.27. The third kappa shape index (κ3) is 5.04. The molecule has 9 aromatic carbocycles. The van der Waals surface area contributed by atoms with Crippen molar-refractivity contribution in [2.24, 2.45) is 0 Å². The van der Waals surface area contributed by atoms with Crippen molar-refractivity contribution in [2.75, 3.05) is 4.90 Å². The summed E-state index contributed by atoms with van der Waals surface area (Å²) >= 11 is 0. The first-order valence-electron chi connectivity index (χ1n) is 17.9. The summed E-state index contributed by atoms with van der Waals surface area (Å²) in [6.45, 7) is 0. The Morgan fingerprint density at radius 2 is 0.923 bits per heavy atom. The van der Waals surface area contributed by atoms with Gasteiger partial charge in [0.2, 0.25) is 0 Å². The van der Waals surface area contributed by atoms with Crippen LogP contribution in [0.2, 0.25) is 0 Å². The molecular formula is C50H34N2. The quantitative estimate of drug-likeness (QED) is 0.161. The van der Waals surface area contributed by atoms with Crippen LogP contribution in [0.3, 0.4) is 0 Å². The van der Waals surface area contributed by atoms with E-state index in [9.17, 15) is 0 Å². The monoisotopic (exact) mass is 662 g/mol. The molecule has 0 N–H and O–H groups in total. The van der Waals surface area contributed by atoms with Gasteiger partial charge in [-0.15, -0.1) is 0 Å². The van der Waals surface area contributed by atoms with Crippen molar-refractivity contribution >= 4 is 60.4 Å². The predicted molar refractivity (Wildman–Crippen MR) is 221 cm³/mol. The van der Waals surface area contributed by atoms with Crippen molar-refractivity contribution in [1.29, 1.82) is 0 Å². The van der Waals surface area contributed by atoms with E-state index in [0.717, 1.165) is 28.3 Å². The van der Waals surface area contributed by atoms with Gasteiger partial charge in [-0.05, 0) is 98.4 Å². The van der Waals surface area contributed by atoms with Gasteiger partial charge >= 0.3 is 0 Å². The highest BCUT2D eigenvalue weighted by atomic mass is 15.1. The summed E-state index contributed by atoms with van der Waals surface area (Å²) in [6.07, 6.45) is 0. The Bertz CT molecular complexity index is 2890. The number of para-hydroxylation sites is 1. The van der Waals surface area contributed by atoms with Crippen LogP contribution in [0.4, 0.5) is 17.1 Å². The summed E-state index contributed by atoms with van der Waals surface area (Å²) in [5, 5.41) is 7.48. The van der Waals surface area contributed by atoms with Crippen LogP contribution >= 0.6 is 0 Å². The molecule has 52 heavy (non-hydrogen) atoms. The Labute approximate surface area is 303 Å². The average Bonchev–Trinajstić information content (AvgIpc) is 3.56. The molecule has 0 radical (unpaired) electrons. The van der Waals surface area contributed by atoms with E-state index in [2.05, 4.69) is 216 Å². The number of nitrogens with zero attached hydrogens (tertiary/aromatic N) is 2. The van der Waals surface area contributed by atoms with Crippen LogP contribution < -0.4 is 4.90 Å². The summed E-state index contributed by atoms with van der Waals surface area (Å²) in [5.41, 5.74) is 11.6. The molecular weight excluding hydrogens is 629 g/mol. The maximum absolute atomic E-state index is 2.42. The van der Waals surface area contributed by atoms with Gasteiger partial charge < -0.3 is 9.47 Å². The number of hydrogen-bond donors (Lipinski definition) is 0. The molecule has 0 aliphatic heterocycles. The molecule has 10 rings (SSSR count). The molecule has 2 heteroatoms. The standard InChI is InChI=1S/C50H34N2/c1-4-14-35(15-5-1)38-19-12-22-41(32-38)51(42-28-30-45-39(33-42)27-26-37-18-10-11-23-44(37)45)43-29-31-47-49(34-43)52(40-20-8-3-9-21-40)48-25-13-24-46(50(47)48)36-16-6-2-7-17-36/h1-34H. The van der Waals surface area contributed by atoms with Gasteiger partial charge in [0.15, 0.2) is 0 Å². The largest absolute Gasteiger partial charge is 0.310 e. The van der Waals surface area contributed by atoms with E-state index in [1.165, 1.54) is 60.1 Å². The van der Waals surface area contributed by atoms with Gasteiger partial charge in [0.25, 0.3) is 0 Å². The molecule has 0 bridgehead atoms. The van der Waals surface area contributed by atoms with E-state index in [4.69, 9.17) is 0 Å². The normalized spacial score (nSPS) is 11.5. The van der Waals surface area contributed by atoms with Crippen molar-refractivity contribution in [3.8, 4) is 27.9 Å². The number of anilines is 3. The van der Waals surface area contributed by atoms with Crippen LogP contribution in [0.25, 0.3) is 71.3 Å². The summed E-state index contributed by atoms with van der Waals surface area (Å²) in [4.78, 5) is 2.41. The Morgan fingerprint density at radius 3 is 1.73 bits per heavy atom. The van der Waals surface area contributed by atoms with Gasteiger partial charge in [0, 0.05) is 33.5 Å². The van der Waals surface area contributed by atoms with E-state index in [0.29, 0.717) is 0 Å². The molecule has 0 fully saturated rings. The molecule has 244 valence electrons. The third-order valence-corrected chi connectivity index (χ3v) is 10.3. The molecule has 0 aliphatic rings.